The van der Waals surface area contributed by atoms with E-state index >= 15 is 0 Å². The minimum Gasteiger partial charge on any atom is -0.493 e. The van der Waals surface area contributed by atoms with Gasteiger partial charge in [0.25, 0.3) is 5.91 Å². The smallest absolute Gasteiger partial charge is 0.342 e. The van der Waals surface area contributed by atoms with E-state index in [9.17, 15) is 9.59 Å². The molecule has 152 valence electrons. The molecule has 0 saturated carbocycles. The number of esters is 1. The monoisotopic (exact) mass is 396 g/mol. The van der Waals surface area contributed by atoms with Crippen LogP contribution in [-0.4, -0.2) is 39.2 Å². The number of methoxy groups -OCH3 is 2. The first-order chi connectivity index (χ1) is 13.9. The van der Waals surface area contributed by atoms with Crippen molar-refractivity contribution in [3.05, 3.63) is 53.1 Å². The predicted molar refractivity (Wildman–Crippen MR) is 108 cm³/mol. The molecular formula is C22H24N2O5. The van der Waals surface area contributed by atoms with E-state index in [0.29, 0.717) is 11.4 Å². The Labute approximate surface area is 170 Å². The molecule has 2 aromatic carbocycles. The van der Waals surface area contributed by atoms with Crippen molar-refractivity contribution in [1.82, 2.24) is 0 Å². The molecule has 0 aliphatic rings. The van der Waals surface area contributed by atoms with Crippen molar-refractivity contribution in [1.29, 1.82) is 5.26 Å². The van der Waals surface area contributed by atoms with Gasteiger partial charge in [0.05, 0.1) is 26.7 Å². The highest BCUT2D eigenvalue weighted by molar-refractivity contribution is 5.98. The van der Waals surface area contributed by atoms with Gasteiger partial charge in [-0.1, -0.05) is 12.1 Å². The van der Waals surface area contributed by atoms with Crippen LogP contribution in [0.5, 0.6) is 11.5 Å². The van der Waals surface area contributed by atoms with Gasteiger partial charge in [0, 0.05) is 12.2 Å². The molecule has 2 rings (SSSR count). The van der Waals surface area contributed by atoms with E-state index < -0.39 is 18.5 Å². The Morgan fingerprint density at radius 2 is 1.76 bits per heavy atom. The van der Waals surface area contributed by atoms with Gasteiger partial charge < -0.3 is 19.1 Å². The molecule has 0 aromatic heterocycles. The van der Waals surface area contributed by atoms with Gasteiger partial charge >= 0.3 is 5.97 Å². The van der Waals surface area contributed by atoms with Crippen LogP contribution in [0.15, 0.2) is 36.4 Å². The van der Waals surface area contributed by atoms with Crippen molar-refractivity contribution < 1.29 is 23.8 Å². The first-order valence-electron chi connectivity index (χ1n) is 9.05. The van der Waals surface area contributed by atoms with Gasteiger partial charge in [0.15, 0.2) is 18.1 Å². The molecule has 0 unspecified atom stereocenters. The van der Waals surface area contributed by atoms with E-state index in [0.717, 1.165) is 11.1 Å². The number of anilines is 1. The number of para-hydroxylation sites is 1. The number of rotatable bonds is 8. The first kappa shape index (κ1) is 21.8. The average molecular weight is 396 g/mol. The molecule has 0 saturated heterocycles. The van der Waals surface area contributed by atoms with Crippen molar-refractivity contribution in [2.24, 2.45) is 0 Å². The number of carbonyl (C=O) groups is 2. The van der Waals surface area contributed by atoms with Gasteiger partial charge in [0.1, 0.15) is 5.56 Å². The molecule has 2 aromatic rings. The summed E-state index contributed by atoms with van der Waals surface area (Å²) in [7, 11) is 2.89. The Hall–Kier alpha value is -3.53. The fourth-order valence-corrected chi connectivity index (χ4v) is 3.00. The number of ether oxygens (including phenoxy) is 3. The molecule has 0 heterocycles. The summed E-state index contributed by atoms with van der Waals surface area (Å²) in [5.41, 5.74) is 2.81. The zero-order valence-corrected chi connectivity index (χ0v) is 17.0. The van der Waals surface area contributed by atoms with Gasteiger partial charge in [-0.3, -0.25) is 4.79 Å². The maximum Gasteiger partial charge on any atom is 0.342 e. The van der Waals surface area contributed by atoms with Gasteiger partial charge in [-0.2, -0.15) is 5.26 Å². The number of hydrogen-bond donors (Lipinski definition) is 0. The van der Waals surface area contributed by atoms with Crippen LogP contribution < -0.4 is 14.4 Å². The molecule has 7 nitrogen and oxygen atoms in total. The van der Waals surface area contributed by atoms with E-state index in [1.165, 1.54) is 25.2 Å². The van der Waals surface area contributed by atoms with Crippen LogP contribution in [0.25, 0.3) is 0 Å². The van der Waals surface area contributed by atoms with E-state index in [2.05, 4.69) is 0 Å². The lowest BCUT2D eigenvalue weighted by Crippen LogP contribution is -2.35. The van der Waals surface area contributed by atoms with Crippen LogP contribution in [0.1, 0.15) is 27.9 Å². The summed E-state index contributed by atoms with van der Waals surface area (Å²) in [5.74, 6) is -0.488. The standard InChI is InChI=1S/C22H24N2O5/c1-15-11-16(2)13-17(12-15)24(10-6-9-23)20(25)14-29-22(26)18-7-5-8-19(27-3)21(18)28-4/h5,7-8,11-13H,6,10,14H2,1-4H3. The lowest BCUT2D eigenvalue weighted by Gasteiger charge is -2.23. The molecule has 0 aliphatic heterocycles. The van der Waals surface area contributed by atoms with Crippen molar-refractivity contribution >= 4 is 17.6 Å². The summed E-state index contributed by atoms with van der Waals surface area (Å²) in [6.45, 7) is 3.60. The van der Waals surface area contributed by atoms with E-state index in [-0.39, 0.29) is 24.3 Å². The number of benzene rings is 2. The van der Waals surface area contributed by atoms with E-state index in [1.807, 2.05) is 38.1 Å². The summed E-state index contributed by atoms with van der Waals surface area (Å²) < 4.78 is 15.6. The molecule has 0 N–H and O–H groups in total. The van der Waals surface area contributed by atoms with Crippen molar-refractivity contribution in [3.8, 4) is 17.6 Å². The average Bonchev–Trinajstić information content (AvgIpc) is 2.70. The number of amides is 1. The van der Waals surface area contributed by atoms with Crippen LogP contribution in [0, 0.1) is 25.2 Å². The summed E-state index contributed by atoms with van der Waals surface area (Å²) in [5, 5.41) is 8.93. The highest BCUT2D eigenvalue weighted by Crippen LogP contribution is 2.31. The van der Waals surface area contributed by atoms with Gasteiger partial charge in [0.2, 0.25) is 0 Å². The molecule has 7 heteroatoms. The molecule has 0 atom stereocenters. The predicted octanol–water partition coefficient (Wildman–Crippen LogP) is 3.42. The highest BCUT2D eigenvalue weighted by Gasteiger charge is 2.21. The third kappa shape index (κ3) is 5.48. The Balaban J connectivity index is 2.18. The number of carbonyl (C=O) groups excluding carboxylic acids is 2. The Kier molecular flexibility index (Phi) is 7.61. The highest BCUT2D eigenvalue weighted by atomic mass is 16.5. The molecule has 0 fully saturated rings. The molecule has 0 radical (unpaired) electrons. The fourth-order valence-electron chi connectivity index (χ4n) is 3.00. The van der Waals surface area contributed by atoms with Gasteiger partial charge in [-0.05, 0) is 49.2 Å². The maximum absolute atomic E-state index is 12.8. The molecule has 29 heavy (non-hydrogen) atoms. The SMILES string of the molecule is COc1cccc(C(=O)OCC(=O)N(CCC#N)c2cc(C)cc(C)c2)c1OC. The first-order valence-corrected chi connectivity index (χ1v) is 9.05. The third-order valence-electron chi connectivity index (χ3n) is 4.22. The Morgan fingerprint density at radius 1 is 1.07 bits per heavy atom. The van der Waals surface area contributed by atoms with Crippen LogP contribution in [-0.2, 0) is 9.53 Å². The number of aryl methyl sites for hydroxylation is 2. The van der Waals surface area contributed by atoms with Crippen LogP contribution >= 0.6 is 0 Å². The largest absolute Gasteiger partial charge is 0.493 e. The van der Waals surface area contributed by atoms with Gasteiger partial charge in [-0.15, -0.1) is 0 Å². The molecular weight excluding hydrogens is 372 g/mol. The molecule has 0 aliphatic carbocycles. The number of nitriles is 1. The Morgan fingerprint density at radius 3 is 2.34 bits per heavy atom. The minimum absolute atomic E-state index is 0.162. The quantitative estimate of drug-likeness (QED) is 0.635. The van der Waals surface area contributed by atoms with E-state index in [4.69, 9.17) is 19.5 Å². The zero-order valence-electron chi connectivity index (χ0n) is 17.0. The second-order valence-corrected chi connectivity index (χ2v) is 6.42. The molecule has 0 spiro atoms. The zero-order chi connectivity index (χ0) is 21.4. The summed E-state index contributed by atoms with van der Waals surface area (Å²) >= 11 is 0. The number of hydrogen-bond acceptors (Lipinski definition) is 6. The maximum atomic E-state index is 12.8. The van der Waals surface area contributed by atoms with Gasteiger partial charge in [-0.25, -0.2) is 4.79 Å². The van der Waals surface area contributed by atoms with Crippen molar-refractivity contribution in [2.75, 3.05) is 32.3 Å². The van der Waals surface area contributed by atoms with Crippen LogP contribution in [0.2, 0.25) is 0 Å². The summed E-state index contributed by atoms with van der Waals surface area (Å²) in [6, 6.07) is 12.6. The lowest BCUT2D eigenvalue weighted by molar-refractivity contribution is -0.121. The fraction of sp³-hybridized carbons (Fsp3) is 0.318. The summed E-state index contributed by atoms with van der Waals surface area (Å²) in [4.78, 5) is 26.7. The molecule has 0 bridgehead atoms. The van der Waals surface area contributed by atoms with Crippen molar-refractivity contribution in [2.45, 2.75) is 20.3 Å². The second kappa shape index (κ2) is 10.1. The Bertz CT molecular complexity index is 913. The second-order valence-electron chi connectivity index (χ2n) is 6.42. The van der Waals surface area contributed by atoms with Crippen molar-refractivity contribution in [3.63, 3.8) is 0 Å². The third-order valence-corrected chi connectivity index (χ3v) is 4.22. The molecule has 1 amide bonds. The normalized spacial score (nSPS) is 10.0. The van der Waals surface area contributed by atoms with Crippen LogP contribution in [0.4, 0.5) is 5.69 Å². The number of nitrogens with zero attached hydrogens (tertiary/aromatic N) is 2. The van der Waals surface area contributed by atoms with E-state index in [1.54, 1.807) is 12.1 Å². The topological polar surface area (TPSA) is 88.9 Å². The lowest BCUT2D eigenvalue weighted by atomic mass is 10.1. The summed E-state index contributed by atoms with van der Waals surface area (Å²) in [6.07, 6.45) is 0.163. The minimum atomic E-state index is -0.699. The van der Waals surface area contributed by atoms with Crippen LogP contribution in [0.3, 0.4) is 0 Å².